The zero-order chi connectivity index (χ0) is 21.2. The summed E-state index contributed by atoms with van der Waals surface area (Å²) in [6, 6.07) is 25.5. The molecule has 5 rings (SSSR count). The predicted octanol–water partition coefficient (Wildman–Crippen LogP) is 4.16. The number of fused-ring (bicyclic) bond motifs is 1. The fourth-order valence-electron chi connectivity index (χ4n) is 3.94. The van der Waals surface area contributed by atoms with Crippen molar-refractivity contribution in [2.24, 2.45) is 5.92 Å². The van der Waals surface area contributed by atoms with E-state index in [0.717, 1.165) is 22.0 Å². The van der Waals surface area contributed by atoms with Crippen LogP contribution >= 0.6 is 0 Å². The molecule has 0 saturated carbocycles. The third kappa shape index (κ3) is 3.92. The number of aromatic nitrogens is 1. The maximum atomic E-state index is 12.6. The standard InChI is InChI=1S/C25H21N3O3/c29-24-13-20(16-28(24)22-8-2-1-3-9-22)25(30)26-15-21-14-23(31-27-21)19-11-10-17-6-4-5-7-18(17)12-19/h1-12,14,20H,13,15-16H2,(H,26,30). The lowest BCUT2D eigenvalue weighted by Gasteiger charge is -2.16. The number of para-hydroxylation sites is 1. The van der Waals surface area contributed by atoms with Crippen LogP contribution in [-0.2, 0) is 16.1 Å². The van der Waals surface area contributed by atoms with Gasteiger partial charge < -0.3 is 14.7 Å². The Morgan fingerprint density at radius 3 is 2.61 bits per heavy atom. The average Bonchev–Trinajstić information content (AvgIpc) is 3.44. The van der Waals surface area contributed by atoms with E-state index in [0.29, 0.717) is 18.0 Å². The first kappa shape index (κ1) is 19.1. The van der Waals surface area contributed by atoms with Gasteiger partial charge in [0.05, 0.1) is 12.5 Å². The molecule has 0 bridgehead atoms. The first-order valence-electron chi connectivity index (χ1n) is 10.3. The first-order valence-corrected chi connectivity index (χ1v) is 10.3. The Morgan fingerprint density at radius 1 is 1.00 bits per heavy atom. The molecule has 1 aliphatic rings. The van der Waals surface area contributed by atoms with Gasteiger partial charge in [0.15, 0.2) is 5.76 Å². The second-order valence-electron chi connectivity index (χ2n) is 7.70. The number of hydrogen-bond donors (Lipinski definition) is 1. The Bertz CT molecular complexity index is 1250. The highest BCUT2D eigenvalue weighted by molar-refractivity contribution is 6.00. The molecule has 1 fully saturated rings. The lowest BCUT2D eigenvalue weighted by atomic mass is 10.1. The average molecular weight is 411 g/mol. The molecule has 154 valence electrons. The van der Waals surface area contributed by atoms with E-state index in [2.05, 4.69) is 28.7 Å². The minimum atomic E-state index is -0.375. The van der Waals surface area contributed by atoms with Crippen LogP contribution in [0.1, 0.15) is 12.1 Å². The van der Waals surface area contributed by atoms with Crippen molar-refractivity contribution in [3.8, 4) is 11.3 Å². The van der Waals surface area contributed by atoms with Crippen LogP contribution in [0.3, 0.4) is 0 Å². The lowest BCUT2D eigenvalue weighted by Crippen LogP contribution is -2.32. The number of nitrogens with one attached hydrogen (secondary N) is 1. The van der Waals surface area contributed by atoms with Crippen molar-refractivity contribution in [3.05, 3.63) is 84.6 Å². The summed E-state index contributed by atoms with van der Waals surface area (Å²) in [6.45, 7) is 0.641. The zero-order valence-corrected chi connectivity index (χ0v) is 16.8. The van der Waals surface area contributed by atoms with Gasteiger partial charge >= 0.3 is 0 Å². The van der Waals surface area contributed by atoms with Crippen LogP contribution in [0.2, 0.25) is 0 Å². The van der Waals surface area contributed by atoms with Crippen molar-refractivity contribution in [1.82, 2.24) is 10.5 Å². The van der Waals surface area contributed by atoms with Crippen LogP contribution in [0, 0.1) is 5.92 Å². The molecule has 1 aromatic heterocycles. The predicted molar refractivity (Wildman–Crippen MR) is 118 cm³/mol. The quantitative estimate of drug-likeness (QED) is 0.535. The Labute approximate surface area is 179 Å². The van der Waals surface area contributed by atoms with Crippen molar-refractivity contribution in [1.29, 1.82) is 0 Å². The van der Waals surface area contributed by atoms with Crippen molar-refractivity contribution < 1.29 is 14.1 Å². The van der Waals surface area contributed by atoms with Gasteiger partial charge in [-0.05, 0) is 29.0 Å². The Morgan fingerprint density at radius 2 is 1.77 bits per heavy atom. The Kier molecular flexibility index (Phi) is 4.96. The topological polar surface area (TPSA) is 75.4 Å². The van der Waals surface area contributed by atoms with E-state index in [9.17, 15) is 9.59 Å². The second kappa shape index (κ2) is 8.07. The van der Waals surface area contributed by atoms with E-state index in [4.69, 9.17) is 4.52 Å². The lowest BCUT2D eigenvalue weighted by molar-refractivity contribution is -0.126. The molecule has 2 heterocycles. The largest absolute Gasteiger partial charge is 0.356 e. The van der Waals surface area contributed by atoms with Gasteiger partial charge in [0.1, 0.15) is 5.69 Å². The highest BCUT2D eigenvalue weighted by Crippen LogP contribution is 2.26. The van der Waals surface area contributed by atoms with Crippen LogP contribution in [0.15, 0.2) is 83.4 Å². The molecule has 31 heavy (non-hydrogen) atoms. The van der Waals surface area contributed by atoms with Crippen LogP contribution in [0.25, 0.3) is 22.1 Å². The van der Waals surface area contributed by atoms with Crippen LogP contribution in [0.4, 0.5) is 5.69 Å². The maximum Gasteiger partial charge on any atom is 0.227 e. The highest BCUT2D eigenvalue weighted by atomic mass is 16.5. The molecule has 6 nitrogen and oxygen atoms in total. The minimum Gasteiger partial charge on any atom is -0.356 e. The Hall–Kier alpha value is -3.93. The first-order chi connectivity index (χ1) is 15.2. The molecule has 1 atom stereocenters. The van der Waals surface area contributed by atoms with Gasteiger partial charge in [0, 0.05) is 30.3 Å². The van der Waals surface area contributed by atoms with E-state index in [1.807, 2.05) is 60.7 Å². The molecule has 4 aromatic rings. The molecular formula is C25H21N3O3. The van der Waals surface area contributed by atoms with Crippen LogP contribution < -0.4 is 10.2 Å². The van der Waals surface area contributed by atoms with Gasteiger partial charge in [0.2, 0.25) is 11.8 Å². The molecular weight excluding hydrogens is 390 g/mol. The van der Waals surface area contributed by atoms with Crippen molar-refractivity contribution >= 4 is 28.3 Å². The van der Waals surface area contributed by atoms with Crippen LogP contribution in [-0.4, -0.2) is 23.5 Å². The summed E-state index contributed by atoms with van der Waals surface area (Å²) in [6.07, 6.45) is 0.210. The normalized spacial score (nSPS) is 16.1. The van der Waals surface area contributed by atoms with E-state index in [1.165, 1.54) is 0 Å². The van der Waals surface area contributed by atoms with E-state index < -0.39 is 0 Å². The number of hydrogen-bond acceptors (Lipinski definition) is 4. The van der Waals surface area contributed by atoms with Gasteiger partial charge in [-0.1, -0.05) is 59.8 Å². The number of amides is 2. The van der Waals surface area contributed by atoms with Gasteiger partial charge in [0.25, 0.3) is 0 Å². The SMILES string of the molecule is O=C(NCc1cc(-c2ccc3ccccc3c2)on1)C1CC(=O)N(c2ccccc2)C1. The summed E-state index contributed by atoms with van der Waals surface area (Å²) in [5, 5.41) is 9.26. The summed E-state index contributed by atoms with van der Waals surface area (Å²) >= 11 is 0. The number of benzene rings is 3. The number of rotatable bonds is 5. The number of carbonyl (C=O) groups is 2. The molecule has 2 amide bonds. The van der Waals surface area contributed by atoms with Crippen molar-refractivity contribution in [2.75, 3.05) is 11.4 Å². The maximum absolute atomic E-state index is 12.6. The summed E-state index contributed by atoms with van der Waals surface area (Å²) in [5.74, 6) is 0.0919. The summed E-state index contributed by atoms with van der Waals surface area (Å²) in [5.41, 5.74) is 2.39. The minimum absolute atomic E-state index is 0.0358. The molecule has 0 aliphatic carbocycles. The number of anilines is 1. The molecule has 6 heteroatoms. The Balaban J connectivity index is 1.22. The molecule has 1 saturated heterocycles. The van der Waals surface area contributed by atoms with E-state index >= 15 is 0 Å². The van der Waals surface area contributed by atoms with Crippen molar-refractivity contribution in [3.63, 3.8) is 0 Å². The number of carbonyl (C=O) groups excluding carboxylic acids is 2. The second-order valence-corrected chi connectivity index (χ2v) is 7.70. The van der Waals surface area contributed by atoms with E-state index in [1.54, 1.807) is 4.90 Å². The highest BCUT2D eigenvalue weighted by Gasteiger charge is 2.35. The summed E-state index contributed by atoms with van der Waals surface area (Å²) in [7, 11) is 0. The smallest absolute Gasteiger partial charge is 0.227 e. The molecule has 0 radical (unpaired) electrons. The molecule has 1 aliphatic heterocycles. The fourth-order valence-corrected chi connectivity index (χ4v) is 3.94. The van der Waals surface area contributed by atoms with E-state index in [-0.39, 0.29) is 30.7 Å². The van der Waals surface area contributed by atoms with Crippen LogP contribution in [0.5, 0.6) is 0 Å². The monoisotopic (exact) mass is 411 g/mol. The number of nitrogens with zero attached hydrogens (tertiary/aromatic N) is 2. The molecule has 1 N–H and O–H groups in total. The van der Waals surface area contributed by atoms with Crippen molar-refractivity contribution in [2.45, 2.75) is 13.0 Å². The molecule has 0 spiro atoms. The summed E-state index contributed by atoms with van der Waals surface area (Å²) in [4.78, 5) is 26.6. The molecule has 3 aromatic carbocycles. The van der Waals surface area contributed by atoms with Gasteiger partial charge in [-0.2, -0.15) is 0 Å². The van der Waals surface area contributed by atoms with Gasteiger partial charge in [-0.15, -0.1) is 0 Å². The third-order valence-electron chi connectivity index (χ3n) is 5.60. The van der Waals surface area contributed by atoms with Gasteiger partial charge in [-0.3, -0.25) is 9.59 Å². The summed E-state index contributed by atoms with van der Waals surface area (Å²) < 4.78 is 5.49. The third-order valence-corrected chi connectivity index (χ3v) is 5.60. The van der Waals surface area contributed by atoms with Gasteiger partial charge in [-0.25, -0.2) is 0 Å². The zero-order valence-electron chi connectivity index (χ0n) is 16.8. The molecule has 1 unspecified atom stereocenters. The fraction of sp³-hybridized carbons (Fsp3) is 0.160.